The maximum atomic E-state index is 13.9. The number of fused-ring (bicyclic) bond motifs is 4. The zero-order chi connectivity index (χ0) is 24.6. The van der Waals surface area contributed by atoms with Gasteiger partial charge in [-0.25, -0.2) is 14.2 Å². The number of phenols is 1. The number of benzene rings is 1. The quantitative estimate of drug-likeness (QED) is 0.548. The monoisotopic (exact) mass is 477 g/mol. The summed E-state index contributed by atoms with van der Waals surface area (Å²) in [4.78, 5) is 23.3. The first kappa shape index (κ1) is 23.9. The summed E-state index contributed by atoms with van der Waals surface area (Å²) in [5.74, 6) is 0.106. The second-order valence-electron chi connectivity index (χ2n) is 8.35. The highest BCUT2D eigenvalue weighted by molar-refractivity contribution is 5.89. The zero-order valence-electron chi connectivity index (χ0n) is 18.9. The summed E-state index contributed by atoms with van der Waals surface area (Å²) in [5, 5.41) is 20.1. The molecule has 0 saturated carbocycles. The van der Waals surface area contributed by atoms with Gasteiger partial charge in [0, 0.05) is 28.6 Å². The topological polar surface area (TPSA) is 105 Å². The molecular weight excluding hydrogens is 452 g/mol. The van der Waals surface area contributed by atoms with Crippen LogP contribution in [0.15, 0.2) is 35.4 Å². The Labute approximate surface area is 194 Å². The van der Waals surface area contributed by atoms with Crippen molar-refractivity contribution < 1.29 is 38.3 Å². The fraction of sp³-hybridized carbons (Fsp3) is 0.391. The van der Waals surface area contributed by atoms with Gasteiger partial charge in [-0.1, -0.05) is 0 Å². The highest BCUT2D eigenvalue weighted by Crippen LogP contribution is 2.48. The number of carbonyl (C=O) groups is 1. The molecule has 0 bridgehead atoms. The number of pyridine rings is 1. The Morgan fingerprint density at radius 1 is 1.29 bits per heavy atom. The van der Waals surface area contributed by atoms with E-state index in [1.807, 2.05) is 19.0 Å². The minimum absolute atomic E-state index is 0.106. The number of rotatable bonds is 8. The van der Waals surface area contributed by atoms with Crippen molar-refractivity contribution in [3.05, 3.63) is 52.2 Å². The van der Waals surface area contributed by atoms with Crippen LogP contribution in [0.2, 0.25) is 0 Å². The van der Waals surface area contributed by atoms with Gasteiger partial charge in [-0.3, -0.25) is 0 Å². The number of carboxylic acid groups (broad SMARTS) is 1. The fourth-order valence-corrected chi connectivity index (χ4v) is 4.38. The van der Waals surface area contributed by atoms with Gasteiger partial charge in [0.2, 0.25) is 0 Å². The Balaban J connectivity index is 1.89. The van der Waals surface area contributed by atoms with Crippen LogP contribution in [0.3, 0.4) is 0 Å². The van der Waals surface area contributed by atoms with Crippen LogP contribution in [0, 0.1) is 0 Å². The lowest BCUT2D eigenvalue weighted by Crippen LogP contribution is -2.40. The van der Waals surface area contributed by atoms with E-state index in [0.29, 0.717) is 45.5 Å². The minimum atomic E-state index is -1.51. The Kier molecular flexibility index (Phi) is 6.69. The average molecular weight is 477 g/mol. The SMILES string of the molecule is CC1=C(COC(=O)O)C(OF)N2C(=C1)c1nc3ccc(O)c(CN(C)C)c3cc1C2OCCF. The molecule has 1 aromatic carbocycles. The predicted octanol–water partition coefficient (Wildman–Crippen LogP) is 3.90. The number of allylic oxidation sites excluding steroid dienone is 2. The van der Waals surface area contributed by atoms with E-state index in [2.05, 4.69) is 9.68 Å². The van der Waals surface area contributed by atoms with Gasteiger partial charge in [-0.15, -0.1) is 0 Å². The second kappa shape index (κ2) is 9.53. The third kappa shape index (κ3) is 4.17. The molecule has 34 heavy (non-hydrogen) atoms. The number of ether oxygens (including phenoxy) is 2. The molecule has 9 nitrogen and oxygen atoms in total. The molecule has 11 heteroatoms. The van der Waals surface area contributed by atoms with Gasteiger partial charge in [0.15, 0.2) is 12.5 Å². The summed E-state index contributed by atoms with van der Waals surface area (Å²) < 4.78 is 37.4. The smallest absolute Gasteiger partial charge is 0.506 e. The number of aromatic hydroxyl groups is 1. The summed E-state index contributed by atoms with van der Waals surface area (Å²) in [6.45, 7) is 0.676. The second-order valence-corrected chi connectivity index (χ2v) is 8.35. The first-order chi connectivity index (χ1) is 16.3. The lowest BCUT2D eigenvalue weighted by molar-refractivity contribution is -0.230. The van der Waals surface area contributed by atoms with Crippen LogP contribution in [0.4, 0.5) is 13.7 Å². The zero-order valence-corrected chi connectivity index (χ0v) is 18.9. The van der Waals surface area contributed by atoms with Gasteiger partial charge in [-0.2, -0.15) is 4.94 Å². The number of nitrogens with zero attached hydrogens (tertiary/aromatic N) is 3. The van der Waals surface area contributed by atoms with Crippen LogP contribution >= 0.6 is 0 Å². The van der Waals surface area contributed by atoms with Crippen molar-refractivity contribution in [2.45, 2.75) is 25.9 Å². The number of halogens is 2. The van der Waals surface area contributed by atoms with Gasteiger partial charge in [0.1, 0.15) is 19.0 Å². The Morgan fingerprint density at radius 2 is 2.06 bits per heavy atom. The van der Waals surface area contributed by atoms with Crippen LogP contribution in [-0.4, -0.2) is 71.4 Å². The van der Waals surface area contributed by atoms with Crippen molar-refractivity contribution in [2.24, 2.45) is 0 Å². The molecule has 1 aromatic heterocycles. The van der Waals surface area contributed by atoms with E-state index in [1.165, 1.54) is 4.90 Å². The van der Waals surface area contributed by atoms with Gasteiger partial charge in [0.25, 0.3) is 0 Å². The van der Waals surface area contributed by atoms with Crippen molar-refractivity contribution in [1.29, 1.82) is 0 Å². The molecule has 2 aliphatic rings. The molecule has 2 aliphatic heterocycles. The average Bonchev–Trinajstić information content (AvgIpc) is 3.08. The molecular formula is C23H25F2N3O6. The van der Waals surface area contributed by atoms with E-state index in [4.69, 9.17) is 14.8 Å². The molecule has 3 heterocycles. The van der Waals surface area contributed by atoms with Crippen LogP contribution in [-0.2, 0) is 21.0 Å². The Morgan fingerprint density at radius 3 is 2.71 bits per heavy atom. The van der Waals surface area contributed by atoms with E-state index in [-0.39, 0.29) is 17.9 Å². The molecule has 2 unspecified atom stereocenters. The molecule has 2 aromatic rings. The molecule has 2 N–H and O–H groups in total. The van der Waals surface area contributed by atoms with Crippen LogP contribution in [0.1, 0.15) is 30.0 Å². The number of alkyl halides is 1. The number of aromatic nitrogens is 1. The van der Waals surface area contributed by atoms with Gasteiger partial charge < -0.3 is 29.5 Å². The van der Waals surface area contributed by atoms with Crippen molar-refractivity contribution in [2.75, 3.05) is 34.0 Å². The van der Waals surface area contributed by atoms with Crippen molar-refractivity contribution in [3.63, 3.8) is 0 Å². The fourth-order valence-electron chi connectivity index (χ4n) is 4.38. The van der Waals surface area contributed by atoms with Crippen molar-refractivity contribution in [3.8, 4) is 5.75 Å². The molecule has 2 atom stereocenters. The maximum absolute atomic E-state index is 13.9. The molecule has 182 valence electrons. The third-order valence-electron chi connectivity index (χ3n) is 5.83. The Hall–Kier alpha value is -3.28. The maximum Gasteiger partial charge on any atom is 0.506 e. The predicted molar refractivity (Wildman–Crippen MR) is 118 cm³/mol. The Bertz CT molecular complexity index is 1180. The summed E-state index contributed by atoms with van der Waals surface area (Å²) >= 11 is 0. The van der Waals surface area contributed by atoms with Gasteiger partial charge in [-0.05, 0) is 55.4 Å². The third-order valence-corrected chi connectivity index (χ3v) is 5.83. The standard InChI is InChI=1S/C23H25F2N3O6/c1-12-8-18-20-14(9-13-15(10-27(2)3)19(29)5-4-17(13)26-20)21(32-7-6-24)28(18)22(34-25)16(12)11-33-23(30)31/h4-5,8-9,21-22,29H,6-7,10-11H2,1-3H3,(H,30,31). The molecule has 0 aliphatic carbocycles. The minimum Gasteiger partial charge on any atom is -0.508 e. The lowest BCUT2D eigenvalue weighted by Gasteiger charge is -2.36. The molecule has 0 amide bonds. The molecule has 0 spiro atoms. The largest absolute Gasteiger partial charge is 0.508 e. The molecule has 4 rings (SSSR count). The van der Waals surface area contributed by atoms with Crippen molar-refractivity contribution in [1.82, 2.24) is 14.8 Å². The summed E-state index contributed by atoms with van der Waals surface area (Å²) in [6, 6.07) is 5.06. The molecule has 0 saturated heterocycles. The van der Waals surface area contributed by atoms with Gasteiger partial charge >= 0.3 is 6.16 Å². The summed E-state index contributed by atoms with van der Waals surface area (Å²) in [7, 11) is 3.74. The molecule has 0 fully saturated rings. The first-order valence-electron chi connectivity index (χ1n) is 10.6. The lowest BCUT2D eigenvalue weighted by atomic mass is 10.0. The van der Waals surface area contributed by atoms with E-state index >= 15 is 0 Å². The number of hydrogen-bond donors (Lipinski definition) is 2. The van der Waals surface area contributed by atoms with E-state index in [9.17, 15) is 18.8 Å². The van der Waals surface area contributed by atoms with E-state index in [1.54, 1.807) is 31.2 Å². The van der Waals surface area contributed by atoms with Crippen LogP contribution in [0.5, 0.6) is 5.75 Å². The summed E-state index contributed by atoms with van der Waals surface area (Å²) in [5.41, 5.74) is 3.59. The van der Waals surface area contributed by atoms with E-state index in [0.717, 1.165) is 0 Å². The normalized spacial score (nSPS) is 19.5. The summed E-state index contributed by atoms with van der Waals surface area (Å²) in [6.07, 6.45) is -2.12. The van der Waals surface area contributed by atoms with E-state index < -0.39 is 31.9 Å². The first-order valence-corrected chi connectivity index (χ1v) is 10.6. The number of phenolic OH excluding ortho intramolecular Hbond substituents is 1. The van der Waals surface area contributed by atoms with Crippen LogP contribution < -0.4 is 0 Å². The number of hydrogen-bond acceptors (Lipinski definition) is 8. The van der Waals surface area contributed by atoms with Gasteiger partial charge in [0.05, 0.1) is 23.5 Å². The highest BCUT2D eigenvalue weighted by Gasteiger charge is 2.45. The highest BCUT2D eigenvalue weighted by atomic mass is 19.3. The molecule has 0 radical (unpaired) electrons. The van der Waals surface area contributed by atoms with Crippen LogP contribution in [0.25, 0.3) is 16.6 Å². The van der Waals surface area contributed by atoms with Crippen molar-refractivity contribution >= 4 is 22.8 Å².